The van der Waals surface area contributed by atoms with E-state index in [0.717, 1.165) is 29.9 Å². The van der Waals surface area contributed by atoms with Crippen molar-refractivity contribution in [1.29, 1.82) is 0 Å². The molecule has 10 aromatic carbocycles. The SMILES string of the molecule is CC1(C)c2ccccc2-c2cccc(-c3ccccc3N(c3cccc(-c4cccc5c4ccc4ccccc45)c3)c3ccc4c(c3)C3(CCc5ccccc53)c3ccccc3-4)c21. The van der Waals surface area contributed by atoms with Gasteiger partial charge in [0.15, 0.2) is 0 Å². The highest BCUT2D eigenvalue weighted by Crippen LogP contribution is 2.60. The molecule has 1 heteroatoms. The molecule has 1 nitrogen and oxygen atoms in total. The Morgan fingerprint density at radius 1 is 0.381 bits per heavy atom. The van der Waals surface area contributed by atoms with Crippen LogP contribution in [-0.2, 0) is 17.3 Å². The average Bonchev–Trinajstić information content (AvgIpc) is 3.95. The van der Waals surface area contributed by atoms with Gasteiger partial charge < -0.3 is 4.90 Å². The molecule has 0 saturated carbocycles. The van der Waals surface area contributed by atoms with Gasteiger partial charge in [-0.1, -0.05) is 196 Å². The molecule has 63 heavy (non-hydrogen) atoms. The van der Waals surface area contributed by atoms with E-state index in [2.05, 4.69) is 231 Å². The smallest absolute Gasteiger partial charge is 0.0540 e. The summed E-state index contributed by atoms with van der Waals surface area (Å²) in [6.07, 6.45) is 2.13. The molecule has 1 atom stereocenters. The molecule has 298 valence electrons. The van der Waals surface area contributed by atoms with Gasteiger partial charge in [0.05, 0.1) is 5.69 Å². The number of hydrogen-bond acceptors (Lipinski definition) is 1. The molecule has 0 fully saturated rings. The van der Waals surface area contributed by atoms with Crippen LogP contribution in [0.4, 0.5) is 17.1 Å². The van der Waals surface area contributed by atoms with Crippen LogP contribution in [0.5, 0.6) is 0 Å². The summed E-state index contributed by atoms with van der Waals surface area (Å²) in [7, 11) is 0. The molecule has 3 aliphatic carbocycles. The number of anilines is 3. The number of rotatable bonds is 5. The topological polar surface area (TPSA) is 3.24 Å². The van der Waals surface area contributed by atoms with Gasteiger partial charge in [0, 0.05) is 27.8 Å². The number of aryl methyl sites for hydroxylation is 1. The molecular weight excluding hydrogens is 759 g/mol. The summed E-state index contributed by atoms with van der Waals surface area (Å²) in [6.45, 7) is 4.80. The molecule has 0 bridgehead atoms. The van der Waals surface area contributed by atoms with Crippen LogP contribution in [0, 0.1) is 0 Å². The minimum atomic E-state index is -0.201. The van der Waals surface area contributed by atoms with Crippen molar-refractivity contribution in [3.8, 4) is 44.5 Å². The standard InChI is InChI=1S/C62H45N/c1-61(2)56-29-10-6-22-50(56)53-26-15-27-54(60(53)61)52-23-8-12-31-59(52)63(43-19-13-18-42(38-43)46-24-14-25-47-45-20-5-3-16-40(45)32-34-48(46)47)44-33-35-51-49-21-7-11-30-57(49)62(58(51)39-44)37-36-41-17-4-9-28-55(41)62/h3-35,38-39H,36-37H2,1-2H3. The van der Waals surface area contributed by atoms with Crippen LogP contribution in [0.3, 0.4) is 0 Å². The first kappa shape index (κ1) is 36.2. The molecule has 0 amide bonds. The van der Waals surface area contributed by atoms with Crippen molar-refractivity contribution >= 4 is 38.6 Å². The lowest BCUT2D eigenvalue weighted by Gasteiger charge is -2.32. The Bertz CT molecular complexity index is 3510. The quantitative estimate of drug-likeness (QED) is 0.157. The van der Waals surface area contributed by atoms with Gasteiger partial charge in [0.1, 0.15) is 0 Å². The summed E-state index contributed by atoms with van der Waals surface area (Å²) in [5, 5.41) is 5.09. The largest absolute Gasteiger partial charge is 0.310 e. The molecule has 0 aromatic heterocycles. The number of benzene rings is 10. The lowest BCUT2D eigenvalue weighted by atomic mass is 9.73. The van der Waals surface area contributed by atoms with Crippen LogP contribution in [-0.4, -0.2) is 0 Å². The maximum Gasteiger partial charge on any atom is 0.0540 e. The zero-order valence-electron chi connectivity index (χ0n) is 35.6. The van der Waals surface area contributed by atoms with E-state index in [1.807, 2.05) is 0 Å². The first-order valence-corrected chi connectivity index (χ1v) is 22.5. The van der Waals surface area contributed by atoms with Crippen molar-refractivity contribution in [2.24, 2.45) is 0 Å². The van der Waals surface area contributed by atoms with Gasteiger partial charge in [-0.05, 0) is 137 Å². The lowest BCUT2D eigenvalue weighted by molar-refractivity contribution is 0.626. The van der Waals surface area contributed by atoms with E-state index < -0.39 is 0 Å². The third-order valence-electron chi connectivity index (χ3n) is 14.9. The highest BCUT2D eigenvalue weighted by molar-refractivity contribution is 6.12. The van der Waals surface area contributed by atoms with Crippen LogP contribution in [0.1, 0.15) is 53.6 Å². The summed E-state index contributed by atoms with van der Waals surface area (Å²) in [5.41, 5.74) is 21.9. The van der Waals surface area contributed by atoms with Gasteiger partial charge in [-0.3, -0.25) is 0 Å². The third-order valence-corrected chi connectivity index (χ3v) is 14.9. The second-order valence-electron chi connectivity index (χ2n) is 18.3. The summed E-state index contributed by atoms with van der Waals surface area (Å²) in [5.74, 6) is 0. The highest BCUT2D eigenvalue weighted by atomic mass is 15.1. The Hall–Kier alpha value is -7.48. The zero-order chi connectivity index (χ0) is 41.9. The Kier molecular flexibility index (Phi) is 7.76. The molecule has 0 aliphatic heterocycles. The summed E-state index contributed by atoms with van der Waals surface area (Å²) in [6, 6.07) is 80.0. The van der Waals surface area contributed by atoms with E-state index in [4.69, 9.17) is 0 Å². The van der Waals surface area contributed by atoms with Crippen LogP contribution in [0.15, 0.2) is 212 Å². The number of nitrogens with zero attached hydrogens (tertiary/aromatic N) is 1. The molecule has 0 saturated heterocycles. The van der Waals surface area contributed by atoms with Crippen LogP contribution in [0.2, 0.25) is 0 Å². The van der Waals surface area contributed by atoms with Crippen LogP contribution >= 0.6 is 0 Å². The number of fused-ring (bicyclic) bond motifs is 13. The molecule has 0 heterocycles. The minimum absolute atomic E-state index is 0.166. The van der Waals surface area contributed by atoms with Crippen LogP contribution < -0.4 is 4.90 Å². The first-order chi connectivity index (χ1) is 31.0. The molecule has 10 aromatic rings. The molecule has 13 rings (SSSR count). The molecule has 0 radical (unpaired) electrons. The summed E-state index contributed by atoms with van der Waals surface area (Å²) < 4.78 is 0. The predicted octanol–water partition coefficient (Wildman–Crippen LogP) is 16.4. The normalized spacial score (nSPS) is 16.2. The first-order valence-electron chi connectivity index (χ1n) is 22.5. The maximum atomic E-state index is 2.55. The van der Waals surface area contributed by atoms with Gasteiger partial charge >= 0.3 is 0 Å². The minimum Gasteiger partial charge on any atom is -0.310 e. The number of para-hydroxylation sites is 1. The molecular formula is C62H45N. The van der Waals surface area contributed by atoms with Gasteiger partial charge in [-0.25, -0.2) is 0 Å². The fourth-order valence-corrected chi connectivity index (χ4v) is 12.2. The van der Waals surface area contributed by atoms with E-state index in [9.17, 15) is 0 Å². The third kappa shape index (κ3) is 5.11. The monoisotopic (exact) mass is 803 g/mol. The van der Waals surface area contributed by atoms with Crippen LogP contribution in [0.25, 0.3) is 66.1 Å². The Labute approximate surface area is 369 Å². The molecule has 0 N–H and O–H groups in total. The predicted molar refractivity (Wildman–Crippen MR) is 265 cm³/mol. The van der Waals surface area contributed by atoms with E-state index in [0.29, 0.717) is 0 Å². The Morgan fingerprint density at radius 2 is 0.984 bits per heavy atom. The fourth-order valence-electron chi connectivity index (χ4n) is 12.2. The van der Waals surface area contributed by atoms with Gasteiger partial charge in [0.25, 0.3) is 0 Å². The summed E-state index contributed by atoms with van der Waals surface area (Å²) in [4.78, 5) is 2.55. The van der Waals surface area contributed by atoms with Gasteiger partial charge in [-0.15, -0.1) is 0 Å². The zero-order valence-corrected chi connectivity index (χ0v) is 35.6. The van der Waals surface area contributed by atoms with Crippen molar-refractivity contribution in [3.05, 3.63) is 246 Å². The van der Waals surface area contributed by atoms with Gasteiger partial charge in [-0.2, -0.15) is 0 Å². The van der Waals surface area contributed by atoms with E-state index in [-0.39, 0.29) is 10.8 Å². The maximum absolute atomic E-state index is 2.55. The second kappa shape index (κ2) is 13.5. The number of hydrogen-bond donors (Lipinski definition) is 0. The van der Waals surface area contributed by atoms with Crippen molar-refractivity contribution in [2.45, 2.75) is 37.5 Å². The van der Waals surface area contributed by atoms with Gasteiger partial charge in [0.2, 0.25) is 0 Å². The van der Waals surface area contributed by atoms with Crippen molar-refractivity contribution in [2.75, 3.05) is 4.90 Å². The van der Waals surface area contributed by atoms with Crippen molar-refractivity contribution in [3.63, 3.8) is 0 Å². The van der Waals surface area contributed by atoms with Crippen molar-refractivity contribution in [1.82, 2.24) is 0 Å². The summed E-state index contributed by atoms with van der Waals surface area (Å²) >= 11 is 0. The average molecular weight is 804 g/mol. The fraction of sp³-hybridized carbons (Fsp3) is 0.0968. The highest BCUT2D eigenvalue weighted by Gasteiger charge is 2.48. The molecule has 3 aliphatic rings. The van der Waals surface area contributed by atoms with E-state index in [1.165, 1.54) is 99.4 Å². The lowest BCUT2D eigenvalue weighted by Crippen LogP contribution is -2.24. The Morgan fingerprint density at radius 3 is 1.86 bits per heavy atom. The van der Waals surface area contributed by atoms with Crippen molar-refractivity contribution < 1.29 is 0 Å². The van der Waals surface area contributed by atoms with E-state index >= 15 is 0 Å². The molecule has 1 unspecified atom stereocenters. The Balaban J connectivity index is 1.06. The van der Waals surface area contributed by atoms with E-state index in [1.54, 1.807) is 0 Å². The second-order valence-corrected chi connectivity index (χ2v) is 18.3. The molecule has 1 spiro atoms.